The Balaban J connectivity index is 1.45. The Morgan fingerprint density at radius 3 is 2.27 bits per heavy atom. The summed E-state index contributed by atoms with van der Waals surface area (Å²) in [7, 11) is 0. The number of anilines is 1. The van der Waals surface area contributed by atoms with Crippen LogP contribution in [-0.2, 0) is 4.79 Å². The maximum atomic E-state index is 12.5. The van der Waals surface area contributed by atoms with Crippen molar-refractivity contribution in [3.63, 3.8) is 0 Å². The van der Waals surface area contributed by atoms with Crippen LogP contribution >= 0.6 is 0 Å². The Morgan fingerprint density at radius 1 is 0.902 bits per heavy atom. The van der Waals surface area contributed by atoms with Gasteiger partial charge in [0.15, 0.2) is 0 Å². The minimum Gasteiger partial charge on any atom is -0.481 e. The van der Waals surface area contributed by atoms with E-state index in [4.69, 9.17) is 10.2 Å². The van der Waals surface area contributed by atoms with Crippen LogP contribution in [0.5, 0.6) is 0 Å². The quantitative estimate of drug-likeness (QED) is 0.188. The van der Waals surface area contributed by atoms with Crippen LogP contribution in [0.25, 0.3) is 17.8 Å². The zero-order chi connectivity index (χ0) is 28.4. The Hall–Kier alpha value is -4.65. The number of para-hydroxylation sites is 1. The molecule has 1 fully saturated rings. The molecule has 0 bridgehead atoms. The van der Waals surface area contributed by atoms with Crippen molar-refractivity contribution in [3.05, 3.63) is 114 Å². The minimum absolute atomic E-state index is 0.0402. The maximum Gasteiger partial charge on any atom is 0.305 e. The van der Waals surface area contributed by atoms with Crippen LogP contribution in [0, 0.1) is 5.92 Å². The molecule has 1 atom stereocenters. The van der Waals surface area contributed by atoms with Gasteiger partial charge in [0.05, 0.1) is 23.8 Å². The zero-order valence-corrected chi connectivity index (χ0v) is 23.1. The smallest absolute Gasteiger partial charge is 0.305 e. The average molecular weight is 549 g/mol. The van der Waals surface area contributed by atoms with E-state index in [2.05, 4.69) is 53.2 Å². The summed E-state index contributed by atoms with van der Waals surface area (Å²) in [6.07, 6.45) is 12.2. The van der Waals surface area contributed by atoms with Crippen LogP contribution in [0.15, 0.2) is 91.1 Å². The summed E-state index contributed by atoms with van der Waals surface area (Å²) < 4.78 is 1.96. The van der Waals surface area contributed by atoms with E-state index >= 15 is 0 Å². The summed E-state index contributed by atoms with van der Waals surface area (Å²) in [6.45, 7) is 0.0998. The number of rotatable bonds is 11. The largest absolute Gasteiger partial charge is 0.481 e. The summed E-state index contributed by atoms with van der Waals surface area (Å²) in [4.78, 5) is 23.2. The van der Waals surface area contributed by atoms with E-state index in [1.165, 1.54) is 19.3 Å². The number of nitrogens with one attached hydrogen (secondary N) is 2. The van der Waals surface area contributed by atoms with Gasteiger partial charge in [-0.3, -0.25) is 9.59 Å². The van der Waals surface area contributed by atoms with Gasteiger partial charge in [0, 0.05) is 29.6 Å². The highest BCUT2D eigenvalue weighted by Crippen LogP contribution is 2.38. The van der Waals surface area contributed by atoms with E-state index in [0.29, 0.717) is 11.5 Å². The number of carboxylic acid groups (broad SMARTS) is 1. The number of hydrogen-bond donors (Lipinski definition) is 3. The Bertz CT molecular complexity index is 1460. The topological polar surface area (TPSA) is 96.3 Å². The lowest BCUT2D eigenvalue weighted by Gasteiger charge is -2.31. The predicted molar refractivity (Wildman–Crippen MR) is 163 cm³/mol. The first-order chi connectivity index (χ1) is 20.1. The van der Waals surface area contributed by atoms with E-state index in [1.54, 1.807) is 12.1 Å². The Kier molecular flexibility index (Phi) is 9.26. The lowest BCUT2D eigenvalue weighted by Crippen LogP contribution is -2.26. The third-order valence-corrected chi connectivity index (χ3v) is 7.58. The summed E-state index contributed by atoms with van der Waals surface area (Å²) in [5.74, 6) is -0.772. The van der Waals surface area contributed by atoms with Gasteiger partial charge in [-0.2, -0.15) is 5.10 Å². The fourth-order valence-electron chi connectivity index (χ4n) is 5.42. The zero-order valence-electron chi connectivity index (χ0n) is 23.1. The fraction of sp³-hybridized carbons (Fsp3) is 0.265. The van der Waals surface area contributed by atoms with Gasteiger partial charge in [-0.25, -0.2) is 4.68 Å². The van der Waals surface area contributed by atoms with E-state index in [0.717, 1.165) is 41.0 Å². The second kappa shape index (κ2) is 13.6. The van der Waals surface area contributed by atoms with Crippen LogP contribution < -0.4 is 10.6 Å². The van der Waals surface area contributed by atoms with Crippen LogP contribution in [-0.4, -0.2) is 33.3 Å². The van der Waals surface area contributed by atoms with Gasteiger partial charge >= 0.3 is 5.97 Å². The summed E-state index contributed by atoms with van der Waals surface area (Å²) >= 11 is 0. The molecule has 41 heavy (non-hydrogen) atoms. The molecule has 7 heteroatoms. The van der Waals surface area contributed by atoms with Crippen LogP contribution in [0.3, 0.4) is 0 Å². The standard InChI is InChI=1S/C34H36N4O3/c39-32(40)22-23-35-34(41)27-17-19-28(20-18-27)36-33(26-12-6-2-7-13-26)30-24-38(29-14-8-3-9-15-29)37-31(30)21-16-25-10-4-1-5-11-25/h1,3-5,8-11,14-21,24,26,33,36H,2,6-7,12-13,22-23H2,(H,35,41)(H,39,40). The number of benzene rings is 3. The molecule has 1 unspecified atom stereocenters. The van der Waals surface area contributed by atoms with Crippen LogP contribution in [0.1, 0.15) is 71.7 Å². The SMILES string of the molecule is O=C(O)CCNC(=O)c1ccc(NC(c2cn(-c3ccccc3)nc2C=Cc2ccccc2)C2CCCCC2)cc1. The average Bonchev–Trinajstić information content (AvgIpc) is 3.44. The number of carboxylic acids is 1. The molecule has 1 aliphatic carbocycles. The van der Waals surface area contributed by atoms with E-state index in [-0.39, 0.29) is 24.9 Å². The molecule has 7 nitrogen and oxygen atoms in total. The molecule has 210 valence electrons. The summed E-state index contributed by atoms with van der Waals surface area (Å²) in [5, 5.41) is 20.3. The molecule has 0 aliphatic heterocycles. The van der Waals surface area contributed by atoms with Crippen molar-refractivity contribution in [2.24, 2.45) is 5.92 Å². The van der Waals surface area contributed by atoms with Gasteiger partial charge < -0.3 is 15.7 Å². The van der Waals surface area contributed by atoms with Crippen molar-refractivity contribution < 1.29 is 14.7 Å². The second-order valence-corrected chi connectivity index (χ2v) is 10.5. The molecule has 0 spiro atoms. The second-order valence-electron chi connectivity index (χ2n) is 10.5. The molecule has 3 N–H and O–H groups in total. The lowest BCUT2D eigenvalue weighted by molar-refractivity contribution is -0.136. The number of nitrogens with zero attached hydrogens (tertiary/aromatic N) is 2. The van der Waals surface area contributed by atoms with Gasteiger partial charge in [0.2, 0.25) is 0 Å². The number of hydrogen-bond acceptors (Lipinski definition) is 4. The third-order valence-electron chi connectivity index (χ3n) is 7.58. The number of amides is 1. The Morgan fingerprint density at radius 2 is 1.59 bits per heavy atom. The highest BCUT2D eigenvalue weighted by Gasteiger charge is 2.28. The van der Waals surface area contributed by atoms with Crippen LogP contribution in [0.2, 0.25) is 0 Å². The van der Waals surface area contributed by atoms with Crippen molar-refractivity contribution in [1.82, 2.24) is 15.1 Å². The molecule has 0 saturated heterocycles. The molecule has 1 aromatic heterocycles. The van der Waals surface area contributed by atoms with Gasteiger partial charge in [-0.1, -0.05) is 73.9 Å². The molecule has 3 aromatic carbocycles. The number of carbonyl (C=O) groups is 2. The fourth-order valence-corrected chi connectivity index (χ4v) is 5.42. The molecular formula is C34H36N4O3. The first kappa shape index (κ1) is 27.9. The predicted octanol–water partition coefficient (Wildman–Crippen LogP) is 6.98. The van der Waals surface area contributed by atoms with Crippen molar-refractivity contribution in [2.75, 3.05) is 11.9 Å². The molecule has 1 amide bonds. The third kappa shape index (κ3) is 7.51. The van der Waals surface area contributed by atoms with E-state index < -0.39 is 5.97 Å². The minimum atomic E-state index is -0.938. The number of carbonyl (C=O) groups excluding carboxylic acids is 1. The first-order valence-electron chi connectivity index (χ1n) is 14.3. The van der Waals surface area contributed by atoms with E-state index in [1.807, 2.05) is 53.2 Å². The highest BCUT2D eigenvalue weighted by atomic mass is 16.4. The molecule has 4 aromatic rings. The van der Waals surface area contributed by atoms with Crippen molar-refractivity contribution >= 4 is 29.7 Å². The van der Waals surface area contributed by atoms with E-state index in [9.17, 15) is 9.59 Å². The molecular weight excluding hydrogens is 512 g/mol. The van der Waals surface area contributed by atoms with Gasteiger partial charge in [-0.15, -0.1) is 0 Å². The van der Waals surface area contributed by atoms with Gasteiger partial charge in [-0.05, 0) is 66.8 Å². The molecule has 1 heterocycles. The first-order valence-corrected chi connectivity index (χ1v) is 14.3. The normalized spacial score (nSPS) is 14.5. The molecule has 0 radical (unpaired) electrons. The summed E-state index contributed by atoms with van der Waals surface area (Å²) in [5.41, 5.74) is 5.62. The van der Waals surface area contributed by atoms with Crippen molar-refractivity contribution in [2.45, 2.75) is 44.6 Å². The molecule has 1 saturated carbocycles. The highest BCUT2D eigenvalue weighted by molar-refractivity contribution is 5.94. The monoisotopic (exact) mass is 548 g/mol. The van der Waals surface area contributed by atoms with Gasteiger partial charge in [0.1, 0.15) is 0 Å². The Labute approximate surface area is 240 Å². The molecule has 1 aliphatic rings. The van der Waals surface area contributed by atoms with Crippen molar-refractivity contribution in [3.8, 4) is 5.69 Å². The van der Waals surface area contributed by atoms with Crippen LogP contribution in [0.4, 0.5) is 5.69 Å². The van der Waals surface area contributed by atoms with Gasteiger partial charge in [0.25, 0.3) is 5.91 Å². The lowest BCUT2D eigenvalue weighted by atomic mass is 9.81. The van der Waals surface area contributed by atoms with Crippen molar-refractivity contribution in [1.29, 1.82) is 0 Å². The molecule has 5 rings (SSSR count). The number of aromatic nitrogens is 2. The summed E-state index contributed by atoms with van der Waals surface area (Å²) in [6, 6.07) is 27.9. The maximum absolute atomic E-state index is 12.5. The number of aliphatic carboxylic acids is 1.